The first-order valence-electron chi connectivity index (χ1n) is 7.65. The van der Waals surface area contributed by atoms with Crippen molar-refractivity contribution in [3.63, 3.8) is 0 Å². The highest BCUT2D eigenvalue weighted by Gasteiger charge is 2.12. The number of hydrazone groups is 1. The van der Waals surface area contributed by atoms with Crippen LogP contribution < -0.4 is 29.7 Å². The second-order valence-corrected chi connectivity index (χ2v) is 5.42. The Hall–Kier alpha value is -3.00. The van der Waals surface area contributed by atoms with Crippen molar-refractivity contribution < 1.29 is 18.9 Å². The van der Waals surface area contributed by atoms with E-state index in [1.165, 1.54) is 0 Å². The molecule has 0 unspecified atom stereocenters. The lowest BCUT2D eigenvalue weighted by Gasteiger charge is -2.12. The molecule has 7 nitrogen and oxygen atoms in total. The zero-order valence-electron chi connectivity index (χ0n) is 15.0. The van der Waals surface area contributed by atoms with Gasteiger partial charge in [-0.15, -0.1) is 0 Å². The van der Waals surface area contributed by atoms with Crippen molar-refractivity contribution in [2.75, 3.05) is 33.8 Å². The van der Waals surface area contributed by atoms with Gasteiger partial charge in [0.15, 0.2) is 16.6 Å². The van der Waals surface area contributed by atoms with Gasteiger partial charge in [0.05, 0.1) is 34.7 Å². The molecule has 2 rings (SSSR count). The minimum Gasteiger partial charge on any atom is -0.497 e. The molecule has 2 aromatic rings. The Morgan fingerprint density at radius 3 is 2.04 bits per heavy atom. The molecule has 0 atom stereocenters. The number of anilines is 1. The summed E-state index contributed by atoms with van der Waals surface area (Å²) in [5, 5.41) is 7.51. The average molecular weight is 375 g/mol. The molecule has 0 aliphatic rings. The van der Waals surface area contributed by atoms with Crippen LogP contribution in [-0.2, 0) is 0 Å². The highest BCUT2D eigenvalue weighted by Crippen LogP contribution is 2.37. The fraction of sp³-hybridized carbons (Fsp3) is 0.222. The van der Waals surface area contributed by atoms with E-state index in [1.54, 1.807) is 46.8 Å². The van der Waals surface area contributed by atoms with Crippen LogP contribution in [0.5, 0.6) is 23.0 Å². The van der Waals surface area contributed by atoms with Crippen molar-refractivity contribution in [1.29, 1.82) is 0 Å². The van der Waals surface area contributed by atoms with Crippen LogP contribution in [0.3, 0.4) is 0 Å². The van der Waals surface area contributed by atoms with Gasteiger partial charge in [0, 0.05) is 11.3 Å². The number of thiocarbonyl (C=S) groups is 1. The van der Waals surface area contributed by atoms with Crippen LogP contribution >= 0.6 is 12.2 Å². The molecule has 2 N–H and O–H groups in total. The molecule has 8 heteroatoms. The molecule has 138 valence electrons. The van der Waals surface area contributed by atoms with Crippen molar-refractivity contribution >= 4 is 29.2 Å². The van der Waals surface area contributed by atoms with Gasteiger partial charge in [0.2, 0.25) is 5.75 Å². The first kappa shape index (κ1) is 19.3. The van der Waals surface area contributed by atoms with E-state index in [-0.39, 0.29) is 0 Å². The van der Waals surface area contributed by atoms with Gasteiger partial charge in [-0.25, -0.2) is 0 Å². The second kappa shape index (κ2) is 9.47. The van der Waals surface area contributed by atoms with E-state index in [9.17, 15) is 0 Å². The van der Waals surface area contributed by atoms with Crippen molar-refractivity contribution in [1.82, 2.24) is 5.43 Å². The topological polar surface area (TPSA) is 73.3 Å². The number of hydrogen-bond acceptors (Lipinski definition) is 6. The van der Waals surface area contributed by atoms with Gasteiger partial charge in [-0.05, 0) is 48.6 Å². The third-order valence-electron chi connectivity index (χ3n) is 3.41. The van der Waals surface area contributed by atoms with Gasteiger partial charge in [-0.2, -0.15) is 5.10 Å². The number of ether oxygens (including phenoxy) is 4. The molecular formula is C18H21N3O4S. The molecule has 0 spiro atoms. The van der Waals surface area contributed by atoms with Gasteiger partial charge in [0.1, 0.15) is 5.75 Å². The fourth-order valence-corrected chi connectivity index (χ4v) is 2.35. The summed E-state index contributed by atoms with van der Waals surface area (Å²) in [5.74, 6) is 2.39. The van der Waals surface area contributed by atoms with E-state index >= 15 is 0 Å². The monoisotopic (exact) mass is 375 g/mol. The summed E-state index contributed by atoms with van der Waals surface area (Å²) in [4.78, 5) is 0. The van der Waals surface area contributed by atoms with Crippen LogP contribution in [0.1, 0.15) is 5.56 Å². The quantitative estimate of drug-likeness (QED) is 0.438. The summed E-state index contributed by atoms with van der Waals surface area (Å²) in [7, 11) is 6.29. The van der Waals surface area contributed by atoms with Gasteiger partial charge < -0.3 is 24.3 Å². The largest absolute Gasteiger partial charge is 0.497 e. The Kier molecular flexibility index (Phi) is 7.04. The molecule has 0 aromatic heterocycles. The minimum absolute atomic E-state index is 0.360. The van der Waals surface area contributed by atoms with Crippen molar-refractivity contribution in [2.24, 2.45) is 5.10 Å². The summed E-state index contributed by atoms with van der Waals surface area (Å²) >= 11 is 5.21. The van der Waals surface area contributed by atoms with Crippen LogP contribution in [0.15, 0.2) is 41.5 Å². The molecular weight excluding hydrogens is 354 g/mol. The van der Waals surface area contributed by atoms with Crippen LogP contribution in [-0.4, -0.2) is 39.8 Å². The average Bonchev–Trinajstić information content (AvgIpc) is 2.67. The van der Waals surface area contributed by atoms with Crippen LogP contribution in [0.4, 0.5) is 5.69 Å². The predicted molar refractivity (Wildman–Crippen MR) is 106 cm³/mol. The molecule has 0 heterocycles. The Labute approximate surface area is 157 Å². The van der Waals surface area contributed by atoms with Gasteiger partial charge >= 0.3 is 0 Å². The van der Waals surface area contributed by atoms with Crippen molar-refractivity contribution in [3.05, 3.63) is 42.0 Å². The molecule has 26 heavy (non-hydrogen) atoms. The zero-order valence-corrected chi connectivity index (χ0v) is 15.8. The first-order valence-corrected chi connectivity index (χ1v) is 8.06. The van der Waals surface area contributed by atoms with Gasteiger partial charge in [-0.1, -0.05) is 0 Å². The van der Waals surface area contributed by atoms with Crippen LogP contribution in [0.2, 0.25) is 0 Å². The number of benzene rings is 2. The summed E-state index contributed by atoms with van der Waals surface area (Å²) in [5.41, 5.74) is 4.35. The fourth-order valence-electron chi connectivity index (χ4n) is 2.17. The predicted octanol–water partition coefficient (Wildman–Crippen LogP) is 3.04. The van der Waals surface area contributed by atoms with Crippen molar-refractivity contribution in [2.45, 2.75) is 0 Å². The molecule has 0 amide bonds. The molecule has 0 aliphatic heterocycles. The lowest BCUT2D eigenvalue weighted by Crippen LogP contribution is -2.23. The van der Waals surface area contributed by atoms with E-state index in [0.29, 0.717) is 22.4 Å². The van der Waals surface area contributed by atoms with Gasteiger partial charge in [-0.3, -0.25) is 5.43 Å². The summed E-state index contributed by atoms with van der Waals surface area (Å²) in [6.45, 7) is 0. The Morgan fingerprint density at radius 2 is 1.54 bits per heavy atom. The number of rotatable bonds is 7. The Bertz CT molecular complexity index is 754. The number of methoxy groups -OCH3 is 4. The van der Waals surface area contributed by atoms with E-state index in [4.69, 9.17) is 31.2 Å². The highest BCUT2D eigenvalue weighted by atomic mass is 32.1. The summed E-state index contributed by atoms with van der Waals surface area (Å²) in [6.07, 6.45) is 1.60. The van der Waals surface area contributed by atoms with E-state index in [0.717, 1.165) is 17.0 Å². The number of nitrogens with zero attached hydrogens (tertiary/aromatic N) is 1. The molecule has 0 aliphatic carbocycles. The smallest absolute Gasteiger partial charge is 0.203 e. The maximum Gasteiger partial charge on any atom is 0.203 e. The minimum atomic E-state index is 0.360. The molecule has 0 radical (unpaired) electrons. The van der Waals surface area contributed by atoms with E-state index in [1.807, 2.05) is 24.3 Å². The third-order valence-corrected chi connectivity index (χ3v) is 3.61. The Morgan fingerprint density at radius 1 is 0.923 bits per heavy atom. The number of nitrogens with one attached hydrogen (secondary N) is 2. The normalized spacial score (nSPS) is 10.3. The lowest BCUT2D eigenvalue weighted by atomic mass is 10.2. The van der Waals surface area contributed by atoms with E-state index < -0.39 is 0 Å². The van der Waals surface area contributed by atoms with Crippen LogP contribution in [0, 0.1) is 0 Å². The second-order valence-electron chi connectivity index (χ2n) is 5.01. The molecule has 2 aromatic carbocycles. The highest BCUT2D eigenvalue weighted by molar-refractivity contribution is 7.80. The van der Waals surface area contributed by atoms with Gasteiger partial charge in [0.25, 0.3) is 0 Å². The number of hydrogen-bond donors (Lipinski definition) is 2. The lowest BCUT2D eigenvalue weighted by molar-refractivity contribution is 0.324. The molecule has 0 saturated heterocycles. The first-order chi connectivity index (χ1) is 12.6. The third kappa shape index (κ3) is 5.00. The summed E-state index contributed by atoms with van der Waals surface area (Å²) < 4.78 is 21.0. The van der Waals surface area contributed by atoms with E-state index in [2.05, 4.69) is 15.8 Å². The summed E-state index contributed by atoms with van der Waals surface area (Å²) in [6, 6.07) is 11.0. The standard InChI is InChI=1S/C18H21N3O4S/c1-22-14-7-5-13(6-8-14)20-18(26)21-19-11-12-9-15(23-2)17(25-4)16(10-12)24-3/h5-11H,1-4H3,(H2,20,21,26)/b19-11-. The molecule has 0 saturated carbocycles. The van der Waals surface area contributed by atoms with Crippen molar-refractivity contribution in [3.8, 4) is 23.0 Å². The molecule has 0 bridgehead atoms. The van der Waals surface area contributed by atoms with Crippen LogP contribution in [0.25, 0.3) is 0 Å². The zero-order chi connectivity index (χ0) is 18.9. The maximum absolute atomic E-state index is 5.31. The SMILES string of the molecule is COc1ccc(NC(=S)N/N=C\c2cc(OC)c(OC)c(OC)c2)cc1. The molecule has 0 fully saturated rings. The Balaban J connectivity index is 2.01. The maximum atomic E-state index is 5.31.